The number of benzene rings is 2. The summed E-state index contributed by atoms with van der Waals surface area (Å²) in [6.45, 7) is -0.404. The van der Waals surface area contributed by atoms with Crippen molar-refractivity contribution in [2.75, 3.05) is 19.4 Å². The largest absolute Gasteiger partial charge is 0.496 e. The number of hydrogen-bond donors (Lipinski definition) is 1. The molecule has 120 valence electrons. The van der Waals surface area contributed by atoms with Gasteiger partial charge in [0, 0.05) is 28.4 Å². The van der Waals surface area contributed by atoms with E-state index in [1.807, 2.05) is 0 Å². The van der Waals surface area contributed by atoms with Crippen LogP contribution in [-0.2, 0) is 10.1 Å². The molecule has 3 rings (SSSR count). The van der Waals surface area contributed by atoms with E-state index in [4.69, 9.17) is 9.29 Å². The van der Waals surface area contributed by atoms with Crippen LogP contribution in [0.2, 0.25) is 0 Å². The molecule has 2 aromatic rings. The van der Waals surface area contributed by atoms with Crippen molar-refractivity contribution in [3.63, 3.8) is 0 Å². The molecule has 0 atom stereocenters. The SMILES string of the molecule is COc1ccc2c3c(cccc13)C(=O)N(CCS(=O)(=O)O)C2=O. The second-order valence-electron chi connectivity index (χ2n) is 5.09. The van der Waals surface area contributed by atoms with Crippen molar-refractivity contribution in [2.45, 2.75) is 0 Å². The zero-order valence-corrected chi connectivity index (χ0v) is 13.0. The number of carbonyl (C=O) groups is 2. The summed E-state index contributed by atoms with van der Waals surface area (Å²) in [6.07, 6.45) is 0. The van der Waals surface area contributed by atoms with Crippen LogP contribution in [0.3, 0.4) is 0 Å². The van der Waals surface area contributed by atoms with E-state index in [1.165, 1.54) is 7.11 Å². The fourth-order valence-electron chi connectivity index (χ4n) is 2.71. The molecule has 0 spiro atoms. The molecule has 0 saturated heterocycles. The number of amides is 2. The number of carbonyl (C=O) groups excluding carboxylic acids is 2. The van der Waals surface area contributed by atoms with Crippen LogP contribution in [0.5, 0.6) is 5.75 Å². The van der Waals surface area contributed by atoms with Crippen LogP contribution in [0.15, 0.2) is 30.3 Å². The summed E-state index contributed by atoms with van der Waals surface area (Å²) < 4.78 is 35.9. The second kappa shape index (κ2) is 5.32. The molecular weight excluding hydrogens is 322 g/mol. The molecule has 8 heteroatoms. The molecule has 0 saturated carbocycles. The summed E-state index contributed by atoms with van der Waals surface area (Å²) in [5.41, 5.74) is 0.595. The Morgan fingerprint density at radius 3 is 2.35 bits per heavy atom. The van der Waals surface area contributed by atoms with Gasteiger partial charge in [-0.15, -0.1) is 0 Å². The molecule has 2 amide bonds. The quantitative estimate of drug-likeness (QED) is 0.668. The van der Waals surface area contributed by atoms with Gasteiger partial charge in [-0.3, -0.25) is 19.0 Å². The number of hydrogen-bond acceptors (Lipinski definition) is 5. The predicted molar refractivity (Wildman–Crippen MR) is 82.3 cm³/mol. The topological polar surface area (TPSA) is 101 Å². The van der Waals surface area contributed by atoms with E-state index < -0.39 is 34.2 Å². The van der Waals surface area contributed by atoms with Crippen LogP contribution in [-0.4, -0.2) is 49.1 Å². The smallest absolute Gasteiger partial charge is 0.266 e. The first-order chi connectivity index (χ1) is 10.8. The maximum absolute atomic E-state index is 12.5. The van der Waals surface area contributed by atoms with Gasteiger partial charge in [-0.25, -0.2) is 0 Å². The number of nitrogens with zero attached hydrogens (tertiary/aromatic N) is 1. The average Bonchev–Trinajstić information content (AvgIpc) is 2.50. The van der Waals surface area contributed by atoms with E-state index in [0.29, 0.717) is 27.6 Å². The van der Waals surface area contributed by atoms with Crippen molar-refractivity contribution < 1.29 is 27.3 Å². The lowest BCUT2D eigenvalue weighted by Gasteiger charge is -2.27. The van der Waals surface area contributed by atoms with Crippen LogP contribution in [0.25, 0.3) is 10.8 Å². The molecule has 23 heavy (non-hydrogen) atoms. The summed E-state index contributed by atoms with van der Waals surface area (Å²) in [7, 11) is -2.78. The zero-order chi connectivity index (χ0) is 16.8. The highest BCUT2D eigenvalue weighted by molar-refractivity contribution is 7.85. The predicted octanol–water partition coefficient (Wildman–Crippen LogP) is 1.33. The third kappa shape index (κ3) is 2.55. The Bertz CT molecular complexity index is 912. The van der Waals surface area contributed by atoms with Gasteiger partial charge in [-0.2, -0.15) is 8.42 Å². The highest BCUT2D eigenvalue weighted by Gasteiger charge is 2.33. The van der Waals surface area contributed by atoms with Crippen molar-refractivity contribution in [3.8, 4) is 5.75 Å². The van der Waals surface area contributed by atoms with Gasteiger partial charge in [-0.05, 0) is 18.2 Å². The van der Waals surface area contributed by atoms with Gasteiger partial charge < -0.3 is 4.74 Å². The van der Waals surface area contributed by atoms with E-state index in [9.17, 15) is 18.0 Å². The first-order valence-corrected chi connectivity index (χ1v) is 8.35. The summed E-state index contributed by atoms with van der Waals surface area (Å²) in [6, 6.07) is 8.14. The van der Waals surface area contributed by atoms with Crippen LogP contribution in [0.4, 0.5) is 0 Å². The lowest BCUT2D eigenvalue weighted by atomic mass is 9.93. The third-order valence-electron chi connectivity index (χ3n) is 3.74. The lowest BCUT2D eigenvalue weighted by molar-refractivity contribution is 0.0620. The molecule has 1 N–H and O–H groups in total. The normalized spacial score (nSPS) is 14.4. The van der Waals surface area contributed by atoms with Crippen molar-refractivity contribution >= 4 is 32.7 Å². The van der Waals surface area contributed by atoms with E-state index in [-0.39, 0.29) is 0 Å². The summed E-state index contributed by atoms with van der Waals surface area (Å²) in [4.78, 5) is 25.9. The van der Waals surface area contributed by atoms with Gasteiger partial charge in [0.1, 0.15) is 5.75 Å². The van der Waals surface area contributed by atoms with Gasteiger partial charge in [0.25, 0.3) is 21.9 Å². The molecule has 0 unspecified atom stereocenters. The number of imide groups is 1. The maximum atomic E-state index is 12.5. The molecule has 0 fully saturated rings. The summed E-state index contributed by atoms with van der Waals surface area (Å²) in [5, 5.41) is 1.13. The molecule has 0 aromatic heterocycles. The van der Waals surface area contributed by atoms with Crippen LogP contribution >= 0.6 is 0 Å². The number of methoxy groups -OCH3 is 1. The Balaban J connectivity index is 2.15. The van der Waals surface area contributed by atoms with Gasteiger partial charge >= 0.3 is 0 Å². The minimum absolute atomic E-state index is 0.298. The monoisotopic (exact) mass is 335 g/mol. The summed E-state index contributed by atoms with van der Waals surface area (Å²) in [5.74, 6) is -1.35. The molecule has 1 aliphatic rings. The zero-order valence-electron chi connectivity index (χ0n) is 12.1. The van der Waals surface area contributed by atoms with E-state index in [0.717, 1.165) is 4.90 Å². The van der Waals surface area contributed by atoms with Crippen molar-refractivity contribution in [2.24, 2.45) is 0 Å². The fourth-order valence-corrected chi connectivity index (χ4v) is 3.12. The van der Waals surface area contributed by atoms with Crippen LogP contribution in [0.1, 0.15) is 20.7 Å². The van der Waals surface area contributed by atoms with E-state index in [1.54, 1.807) is 30.3 Å². The van der Waals surface area contributed by atoms with Crippen LogP contribution < -0.4 is 4.74 Å². The van der Waals surface area contributed by atoms with E-state index in [2.05, 4.69) is 0 Å². The average molecular weight is 335 g/mol. The van der Waals surface area contributed by atoms with Gasteiger partial charge in [-0.1, -0.05) is 12.1 Å². The molecule has 0 bridgehead atoms. The highest BCUT2D eigenvalue weighted by atomic mass is 32.2. The molecule has 2 aromatic carbocycles. The molecule has 1 heterocycles. The van der Waals surface area contributed by atoms with Crippen molar-refractivity contribution in [1.82, 2.24) is 4.90 Å². The van der Waals surface area contributed by atoms with E-state index >= 15 is 0 Å². The third-order valence-corrected chi connectivity index (χ3v) is 4.44. The highest BCUT2D eigenvalue weighted by Crippen LogP contribution is 2.35. The Morgan fingerprint density at radius 1 is 1.09 bits per heavy atom. The minimum atomic E-state index is -4.28. The summed E-state index contributed by atoms with van der Waals surface area (Å²) >= 11 is 0. The Labute approximate surface area is 132 Å². The van der Waals surface area contributed by atoms with Gasteiger partial charge in [0.05, 0.1) is 12.9 Å². The maximum Gasteiger partial charge on any atom is 0.266 e. The minimum Gasteiger partial charge on any atom is -0.496 e. The fraction of sp³-hybridized carbons (Fsp3) is 0.200. The van der Waals surface area contributed by atoms with Gasteiger partial charge in [0.15, 0.2) is 0 Å². The molecule has 0 aliphatic carbocycles. The molecule has 7 nitrogen and oxygen atoms in total. The standard InChI is InChI=1S/C15H13NO6S/c1-22-12-6-5-11-13-9(12)3-2-4-10(13)14(17)16(15(11)18)7-8-23(19,20)21/h2-6H,7-8H2,1H3,(H,19,20,21). The molecule has 0 radical (unpaired) electrons. The number of ether oxygens (including phenoxy) is 1. The molecular formula is C15H13NO6S. The Morgan fingerprint density at radius 2 is 1.74 bits per heavy atom. The lowest BCUT2D eigenvalue weighted by Crippen LogP contribution is -2.42. The van der Waals surface area contributed by atoms with Crippen molar-refractivity contribution in [3.05, 3.63) is 41.5 Å². The van der Waals surface area contributed by atoms with Crippen molar-refractivity contribution in [1.29, 1.82) is 0 Å². The number of rotatable bonds is 4. The van der Waals surface area contributed by atoms with Gasteiger partial charge in [0.2, 0.25) is 0 Å². The first-order valence-electron chi connectivity index (χ1n) is 6.74. The van der Waals surface area contributed by atoms with Crippen LogP contribution in [0, 0.1) is 0 Å². The first kappa shape index (κ1) is 15.4. The Kier molecular flexibility index (Phi) is 3.57. The second-order valence-corrected chi connectivity index (χ2v) is 6.66. The molecule has 1 aliphatic heterocycles. The Hall–Kier alpha value is -2.45.